The molecule has 0 aliphatic rings. The van der Waals surface area contributed by atoms with E-state index in [9.17, 15) is 9.59 Å². The van der Waals surface area contributed by atoms with E-state index >= 15 is 0 Å². The number of anilines is 1. The lowest BCUT2D eigenvalue weighted by Gasteiger charge is -2.07. The third-order valence-electron chi connectivity index (χ3n) is 3.00. The first kappa shape index (κ1) is 14.7. The number of carbonyl (C=O) groups excluding carboxylic acids is 1. The lowest BCUT2D eigenvalue weighted by Crippen LogP contribution is -2.21. The van der Waals surface area contributed by atoms with Crippen molar-refractivity contribution in [1.82, 2.24) is 15.0 Å². The Morgan fingerprint density at radius 2 is 1.95 bits per heavy atom. The molecule has 2 N–H and O–H groups in total. The van der Waals surface area contributed by atoms with Crippen molar-refractivity contribution < 1.29 is 14.7 Å². The summed E-state index contributed by atoms with van der Waals surface area (Å²) in [6.07, 6.45) is 0.437. The van der Waals surface area contributed by atoms with Gasteiger partial charge in [0, 0.05) is 5.69 Å². The van der Waals surface area contributed by atoms with Gasteiger partial charge in [-0.15, -0.1) is 5.10 Å². The van der Waals surface area contributed by atoms with E-state index in [1.54, 1.807) is 19.1 Å². The van der Waals surface area contributed by atoms with Crippen molar-refractivity contribution >= 4 is 17.6 Å². The Labute approximate surface area is 121 Å². The van der Waals surface area contributed by atoms with Crippen LogP contribution < -0.4 is 5.32 Å². The van der Waals surface area contributed by atoms with E-state index in [0.29, 0.717) is 17.8 Å². The van der Waals surface area contributed by atoms with Gasteiger partial charge in [0.25, 0.3) is 0 Å². The van der Waals surface area contributed by atoms with Crippen LogP contribution in [-0.4, -0.2) is 32.0 Å². The highest BCUT2D eigenvalue weighted by Crippen LogP contribution is 2.10. The summed E-state index contributed by atoms with van der Waals surface area (Å²) in [5, 5.41) is 19.0. The number of aromatic nitrogens is 3. The van der Waals surface area contributed by atoms with Gasteiger partial charge in [0.15, 0.2) is 5.69 Å². The summed E-state index contributed by atoms with van der Waals surface area (Å²) in [6, 6.07) is 7.39. The molecular weight excluding hydrogens is 272 g/mol. The van der Waals surface area contributed by atoms with Crippen LogP contribution in [0.25, 0.3) is 0 Å². The van der Waals surface area contributed by atoms with Crippen LogP contribution in [0.4, 0.5) is 5.69 Å². The Bertz CT molecular complexity index is 661. The number of aryl methyl sites for hydroxylation is 1. The average molecular weight is 288 g/mol. The smallest absolute Gasteiger partial charge is 0.358 e. The predicted molar refractivity (Wildman–Crippen MR) is 76.2 cm³/mol. The maximum Gasteiger partial charge on any atom is 0.358 e. The largest absolute Gasteiger partial charge is 0.476 e. The second-order valence-corrected chi connectivity index (χ2v) is 4.62. The van der Waals surface area contributed by atoms with Crippen molar-refractivity contribution in [3.8, 4) is 0 Å². The third-order valence-corrected chi connectivity index (χ3v) is 3.00. The standard InChI is InChI=1S/C14H16N4O3/c1-3-11-13(14(20)21)16-17-18(11)8-12(19)15-10-6-4-9(2)5-7-10/h4-7H,3,8H2,1-2H3,(H,15,19)(H,20,21). The molecule has 0 radical (unpaired) electrons. The summed E-state index contributed by atoms with van der Waals surface area (Å²) < 4.78 is 1.31. The molecule has 21 heavy (non-hydrogen) atoms. The molecule has 2 aromatic rings. The number of rotatable bonds is 5. The molecule has 1 aromatic carbocycles. The quantitative estimate of drug-likeness (QED) is 0.868. The van der Waals surface area contributed by atoms with Crippen LogP contribution in [0.1, 0.15) is 28.7 Å². The Balaban J connectivity index is 2.09. The van der Waals surface area contributed by atoms with E-state index in [4.69, 9.17) is 5.11 Å². The molecule has 0 spiro atoms. The normalized spacial score (nSPS) is 10.4. The van der Waals surface area contributed by atoms with Gasteiger partial charge in [-0.2, -0.15) is 0 Å². The van der Waals surface area contributed by atoms with Gasteiger partial charge in [0.1, 0.15) is 6.54 Å². The van der Waals surface area contributed by atoms with Gasteiger partial charge >= 0.3 is 5.97 Å². The highest BCUT2D eigenvalue weighted by molar-refractivity contribution is 5.91. The molecule has 1 heterocycles. The lowest BCUT2D eigenvalue weighted by molar-refractivity contribution is -0.117. The van der Waals surface area contributed by atoms with Crippen LogP contribution in [0.5, 0.6) is 0 Å². The number of nitrogens with one attached hydrogen (secondary N) is 1. The Hall–Kier alpha value is -2.70. The molecule has 110 valence electrons. The van der Waals surface area contributed by atoms with Crippen LogP contribution in [0.15, 0.2) is 24.3 Å². The van der Waals surface area contributed by atoms with E-state index in [0.717, 1.165) is 5.56 Å². The van der Waals surface area contributed by atoms with Crippen molar-refractivity contribution in [1.29, 1.82) is 0 Å². The monoisotopic (exact) mass is 288 g/mol. The van der Waals surface area contributed by atoms with Crippen molar-refractivity contribution in [2.45, 2.75) is 26.8 Å². The Kier molecular flexibility index (Phi) is 4.32. The molecule has 7 nitrogen and oxygen atoms in total. The van der Waals surface area contributed by atoms with Crippen molar-refractivity contribution in [2.75, 3.05) is 5.32 Å². The minimum atomic E-state index is -1.14. The molecule has 0 saturated heterocycles. The molecule has 0 aliphatic carbocycles. The summed E-state index contributed by atoms with van der Waals surface area (Å²) >= 11 is 0. The van der Waals surface area contributed by atoms with Crippen LogP contribution in [-0.2, 0) is 17.8 Å². The van der Waals surface area contributed by atoms with Crippen LogP contribution in [0.2, 0.25) is 0 Å². The zero-order chi connectivity index (χ0) is 15.4. The fraction of sp³-hybridized carbons (Fsp3) is 0.286. The van der Waals surface area contributed by atoms with E-state index in [1.807, 2.05) is 19.1 Å². The third kappa shape index (κ3) is 3.44. The molecule has 1 amide bonds. The number of hydrogen-bond acceptors (Lipinski definition) is 4. The first-order valence-electron chi connectivity index (χ1n) is 6.53. The van der Waals surface area contributed by atoms with Gasteiger partial charge in [-0.1, -0.05) is 29.8 Å². The van der Waals surface area contributed by atoms with E-state index in [1.165, 1.54) is 4.68 Å². The molecule has 0 unspecified atom stereocenters. The van der Waals surface area contributed by atoms with Crippen molar-refractivity contribution in [3.05, 3.63) is 41.2 Å². The second kappa shape index (κ2) is 6.17. The number of carboxylic acid groups (broad SMARTS) is 1. The number of hydrogen-bond donors (Lipinski definition) is 2. The van der Waals surface area contributed by atoms with Crippen LogP contribution in [0.3, 0.4) is 0 Å². The number of benzene rings is 1. The number of carbonyl (C=O) groups is 2. The SMILES string of the molecule is CCc1c(C(=O)O)nnn1CC(=O)Nc1ccc(C)cc1. The van der Waals surface area contributed by atoms with Gasteiger partial charge < -0.3 is 10.4 Å². The summed E-state index contributed by atoms with van der Waals surface area (Å²) in [6.45, 7) is 3.68. The van der Waals surface area contributed by atoms with Gasteiger partial charge in [-0.25, -0.2) is 9.48 Å². The number of carboxylic acids is 1. The molecule has 0 fully saturated rings. The van der Waals surface area contributed by atoms with E-state index in [2.05, 4.69) is 15.6 Å². The lowest BCUT2D eigenvalue weighted by atomic mass is 10.2. The maximum absolute atomic E-state index is 12.0. The Morgan fingerprint density at radius 3 is 2.52 bits per heavy atom. The first-order chi connectivity index (χ1) is 10.0. The van der Waals surface area contributed by atoms with Gasteiger partial charge in [0.05, 0.1) is 5.69 Å². The minimum absolute atomic E-state index is 0.0721. The minimum Gasteiger partial charge on any atom is -0.476 e. The molecule has 0 bridgehead atoms. The highest BCUT2D eigenvalue weighted by atomic mass is 16.4. The van der Waals surface area contributed by atoms with Gasteiger partial charge in [-0.3, -0.25) is 4.79 Å². The highest BCUT2D eigenvalue weighted by Gasteiger charge is 2.18. The van der Waals surface area contributed by atoms with Gasteiger partial charge in [0.2, 0.25) is 5.91 Å². The molecule has 0 aliphatic heterocycles. The molecule has 0 saturated carbocycles. The Morgan fingerprint density at radius 1 is 1.29 bits per heavy atom. The summed E-state index contributed by atoms with van der Waals surface area (Å²) in [4.78, 5) is 23.0. The van der Waals surface area contributed by atoms with E-state index < -0.39 is 5.97 Å². The molecule has 0 atom stereocenters. The zero-order valence-electron chi connectivity index (χ0n) is 11.8. The topological polar surface area (TPSA) is 97.1 Å². The first-order valence-corrected chi connectivity index (χ1v) is 6.53. The summed E-state index contributed by atoms with van der Waals surface area (Å²) in [7, 11) is 0. The maximum atomic E-state index is 12.0. The molecule has 1 aromatic heterocycles. The molecule has 2 rings (SSSR count). The fourth-order valence-electron chi connectivity index (χ4n) is 1.95. The molecule has 7 heteroatoms. The van der Waals surface area contributed by atoms with Crippen molar-refractivity contribution in [2.24, 2.45) is 0 Å². The number of aromatic carboxylic acids is 1. The van der Waals surface area contributed by atoms with Crippen molar-refractivity contribution in [3.63, 3.8) is 0 Å². The summed E-state index contributed by atoms with van der Waals surface area (Å²) in [5.74, 6) is -1.42. The van der Waals surface area contributed by atoms with E-state index in [-0.39, 0.29) is 18.1 Å². The number of nitrogens with zero attached hydrogens (tertiary/aromatic N) is 3. The van der Waals surface area contributed by atoms with Crippen LogP contribution in [0, 0.1) is 6.92 Å². The van der Waals surface area contributed by atoms with Gasteiger partial charge in [-0.05, 0) is 25.5 Å². The zero-order valence-corrected chi connectivity index (χ0v) is 11.8. The predicted octanol–water partition coefficient (Wildman–Crippen LogP) is 1.49. The van der Waals surface area contributed by atoms with Crippen LogP contribution >= 0.6 is 0 Å². The fourth-order valence-corrected chi connectivity index (χ4v) is 1.95. The summed E-state index contributed by atoms with van der Waals surface area (Å²) in [5.41, 5.74) is 2.10. The number of amides is 1. The molecular formula is C14H16N4O3. The second-order valence-electron chi connectivity index (χ2n) is 4.62. The average Bonchev–Trinajstić information content (AvgIpc) is 2.84.